The Hall–Kier alpha value is -2.95. The molecule has 0 aromatic heterocycles. The minimum atomic E-state index is -0.315. The summed E-state index contributed by atoms with van der Waals surface area (Å²) in [6.45, 7) is 8.36. The van der Waals surface area contributed by atoms with Crippen LogP contribution in [0.5, 0.6) is 5.75 Å². The van der Waals surface area contributed by atoms with E-state index in [1.807, 2.05) is 55.5 Å². The number of esters is 1. The maximum absolute atomic E-state index is 11.2. The second-order valence-corrected chi connectivity index (χ2v) is 6.71. The minimum Gasteiger partial charge on any atom is -0.494 e. The summed E-state index contributed by atoms with van der Waals surface area (Å²) in [5.41, 5.74) is 3.26. The first-order chi connectivity index (χ1) is 13.5. The van der Waals surface area contributed by atoms with Crippen molar-refractivity contribution in [2.24, 2.45) is 10.2 Å². The number of unbranched alkanes of at least 4 members (excludes halogenated alkanes) is 3. The van der Waals surface area contributed by atoms with Crippen LogP contribution in [0.4, 0.5) is 11.4 Å². The minimum absolute atomic E-state index is 0.315. The maximum atomic E-state index is 11.2. The van der Waals surface area contributed by atoms with Crippen LogP contribution in [0.1, 0.15) is 38.2 Å². The van der Waals surface area contributed by atoms with Crippen LogP contribution in [0.25, 0.3) is 0 Å². The Morgan fingerprint density at radius 2 is 1.39 bits per heavy atom. The molecule has 0 atom stereocenters. The molecule has 0 aliphatic rings. The van der Waals surface area contributed by atoms with Gasteiger partial charge in [0, 0.05) is 5.57 Å². The van der Waals surface area contributed by atoms with Gasteiger partial charge in [-0.1, -0.05) is 24.3 Å². The zero-order valence-electron chi connectivity index (χ0n) is 16.7. The second kappa shape index (κ2) is 11.7. The molecular formula is C23H28N2O3. The topological polar surface area (TPSA) is 60.2 Å². The average Bonchev–Trinajstić information content (AvgIpc) is 2.70. The van der Waals surface area contributed by atoms with Crippen molar-refractivity contribution in [1.29, 1.82) is 0 Å². The Labute approximate surface area is 167 Å². The van der Waals surface area contributed by atoms with Gasteiger partial charge in [-0.15, -0.1) is 0 Å². The van der Waals surface area contributed by atoms with Gasteiger partial charge in [0.25, 0.3) is 0 Å². The summed E-state index contributed by atoms with van der Waals surface area (Å²) in [4.78, 5) is 11.2. The fourth-order valence-electron chi connectivity index (χ4n) is 2.37. The summed E-state index contributed by atoms with van der Waals surface area (Å²) in [6, 6.07) is 15.5. The van der Waals surface area contributed by atoms with E-state index < -0.39 is 0 Å². The normalized spacial score (nSPS) is 10.8. The molecule has 5 nitrogen and oxygen atoms in total. The van der Waals surface area contributed by atoms with Crippen molar-refractivity contribution in [3.8, 4) is 5.75 Å². The van der Waals surface area contributed by atoms with Gasteiger partial charge >= 0.3 is 5.97 Å². The van der Waals surface area contributed by atoms with E-state index in [0.29, 0.717) is 18.8 Å². The van der Waals surface area contributed by atoms with E-state index >= 15 is 0 Å². The van der Waals surface area contributed by atoms with Crippen LogP contribution < -0.4 is 4.74 Å². The van der Waals surface area contributed by atoms with Crippen molar-refractivity contribution >= 4 is 17.3 Å². The first-order valence-electron chi connectivity index (χ1n) is 9.58. The van der Waals surface area contributed by atoms with Crippen LogP contribution in [0.15, 0.2) is 70.9 Å². The maximum Gasteiger partial charge on any atom is 0.333 e. The van der Waals surface area contributed by atoms with Crippen LogP contribution in [0.3, 0.4) is 0 Å². The highest BCUT2D eigenvalue weighted by Crippen LogP contribution is 2.21. The predicted octanol–water partition coefficient (Wildman–Crippen LogP) is 6.47. The number of hydrogen-bond donors (Lipinski definition) is 0. The summed E-state index contributed by atoms with van der Waals surface area (Å²) in [7, 11) is 0. The molecule has 148 valence electrons. The van der Waals surface area contributed by atoms with E-state index in [4.69, 9.17) is 9.47 Å². The van der Waals surface area contributed by atoms with Crippen LogP contribution in [0.2, 0.25) is 0 Å². The zero-order chi connectivity index (χ0) is 20.2. The first kappa shape index (κ1) is 21.4. The van der Waals surface area contributed by atoms with E-state index in [1.165, 1.54) is 5.56 Å². The monoisotopic (exact) mass is 380 g/mol. The standard InChI is InChI=1S/C23H28N2O3/c1-18(2)23(26)28-17-7-5-4-6-16-27-22-14-12-21(13-15-22)25-24-20-10-8-19(3)9-11-20/h8-15H,1,4-7,16-17H2,2-3H3. The summed E-state index contributed by atoms with van der Waals surface area (Å²) >= 11 is 0. The highest BCUT2D eigenvalue weighted by Gasteiger charge is 2.02. The number of hydrogen-bond acceptors (Lipinski definition) is 5. The average molecular weight is 380 g/mol. The Bertz CT molecular complexity index is 780. The predicted molar refractivity (Wildman–Crippen MR) is 112 cm³/mol. The van der Waals surface area contributed by atoms with Crippen LogP contribution in [0, 0.1) is 6.92 Å². The zero-order valence-corrected chi connectivity index (χ0v) is 16.7. The van der Waals surface area contributed by atoms with Gasteiger partial charge in [0.05, 0.1) is 24.6 Å². The second-order valence-electron chi connectivity index (χ2n) is 6.71. The van der Waals surface area contributed by atoms with E-state index in [2.05, 4.69) is 16.8 Å². The van der Waals surface area contributed by atoms with Crippen LogP contribution in [-0.4, -0.2) is 19.2 Å². The van der Waals surface area contributed by atoms with Gasteiger partial charge < -0.3 is 9.47 Å². The molecule has 0 saturated carbocycles. The molecule has 0 radical (unpaired) electrons. The number of azo groups is 1. The molecule has 2 aromatic carbocycles. The molecule has 0 bridgehead atoms. The molecular weight excluding hydrogens is 352 g/mol. The molecule has 2 aromatic rings. The van der Waals surface area contributed by atoms with Crippen molar-refractivity contribution in [1.82, 2.24) is 0 Å². The van der Waals surface area contributed by atoms with Crippen LogP contribution in [-0.2, 0) is 9.53 Å². The molecule has 0 aliphatic carbocycles. The van der Waals surface area contributed by atoms with Crippen LogP contribution >= 0.6 is 0 Å². The summed E-state index contributed by atoms with van der Waals surface area (Å²) < 4.78 is 10.8. The van der Waals surface area contributed by atoms with Gasteiger partial charge in [-0.25, -0.2) is 4.79 Å². The largest absolute Gasteiger partial charge is 0.494 e. The molecule has 0 N–H and O–H groups in total. The number of carbonyl (C=O) groups is 1. The fourth-order valence-corrected chi connectivity index (χ4v) is 2.37. The molecule has 0 spiro atoms. The highest BCUT2D eigenvalue weighted by molar-refractivity contribution is 5.86. The number of nitrogens with zero attached hydrogens (tertiary/aromatic N) is 2. The van der Waals surface area contributed by atoms with E-state index in [1.54, 1.807) is 6.92 Å². The molecule has 28 heavy (non-hydrogen) atoms. The number of benzene rings is 2. The van der Waals surface area contributed by atoms with Gasteiger partial charge in [-0.2, -0.15) is 10.2 Å². The van der Waals surface area contributed by atoms with E-state index in [-0.39, 0.29) is 5.97 Å². The Morgan fingerprint density at radius 3 is 1.96 bits per heavy atom. The van der Waals surface area contributed by atoms with Crippen molar-refractivity contribution in [3.05, 3.63) is 66.2 Å². The lowest BCUT2D eigenvalue weighted by molar-refractivity contribution is -0.139. The van der Waals surface area contributed by atoms with Gasteiger partial charge in [-0.05, 0) is 75.9 Å². The first-order valence-corrected chi connectivity index (χ1v) is 9.58. The molecule has 5 heteroatoms. The molecule has 2 rings (SSSR count). The SMILES string of the molecule is C=C(C)C(=O)OCCCCCCOc1ccc(N=Nc2ccc(C)cc2)cc1. The van der Waals surface area contributed by atoms with E-state index in [0.717, 1.165) is 42.8 Å². The summed E-state index contributed by atoms with van der Waals surface area (Å²) in [5, 5.41) is 8.46. The Morgan fingerprint density at radius 1 is 0.857 bits per heavy atom. The number of aryl methyl sites for hydroxylation is 1. The third-order valence-corrected chi connectivity index (χ3v) is 4.04. The fraction of sp³-hybridized carbons (Fsp3) is 0.348. The number of carbonyl (C=O) groups excluding carboxylic acids is 1. The molecule has 0 saturated heterocycles. The Kier molecular flexibility index (Phi) is 8.92. The lowest BCUT2D eigenvalue weighted by Gasteiger charge is -2.07. The lowest BCUT2D eigenvalue weighted by Crippen LogP contribution is -2.06. The van der Waals surface area contributed by atoms with Crippen molar-refractivity contribution in [3.63, 3.8) is 0 Å². The van der Waals surface area contributed by atoms with Crippen molar-refractivity contribution in [2.45, 2.75) is 39.5 Å². The molecule has 0 heterocycles. The quantitative estimate of drug-likeness (QED) is 0.194. The highest BCUT2D eigenvalue weighted by atomic mass is 16.5. The third-order valence-electron chi connectivity index (χ3n) is 4.04. The lowest BCUT2D eigenvalue weighted by atomic mass is 10.2. The van der Waals surface area contributed by atoms with Crippen molar-refractivity contribution < 1.29 is 14.3 Å². The van der Waals surface area contributed by atoms with Gasteiger partial charge in [0.1, 0.15) is 5.75 Å². The third kappa shape index (κ3) is 8.16. The van der Waals surface area contributed by atoms with Crippen molar-refractivity contribution in [2.75, 3.05) is 13.2 Å². The molecule has 0 aliphatic heterocycles. The van der Waals surface area contributed by atoms with Gasteiger partial charge in [-0.3, -0.25) is 0 Å². The molecule has 0 fully saturated rings. The van der Waals surface area contributed by atoms with Gasteiger partial charge in [0.2, 0.25) is 0 Å². The van der Waals surface area contributed by atoms with E-state index in [9.17, 15) is 4.79 Å². The molecule has 0 amide bonds. The summed E-state index contributed by atoms with van der Waals surface area (Å²) in [5.74, 6) is 0.509. The summed E-state index contributed by atoms with van der Waals surface area (Å²) in [6.07, 6.45) is 3.86. The molecule has 0 unspecified atom stereocenters. The number of rotatable bonds is 11. The number of ether oxygens (including phenoxy) is 2. The van der Waals surface area contributed by atoms with Gasteiger partial charge in [0.15, 0.2) is 0 Å². The smallest absolute Gasteiger partial charge is 0.333 e. The Balaban J connectivity index is 1.60.